The molecule has 0 spiro atoms. The normalized spacial score (nSPS) is 13.2. The van der Waals surface area contributed by atoms with Crippen LogP contribution in [0, 0.1) is 0 Å². The fourth-order valence-corrected chi connectivity index (χ4v) is 24.7. The molecule has 11 heteroatoms. The lowest BCUT2D eigenvalue weighted by atomic mass is 9.80. The van der Waals surface area contributed by atoms with Crippen molar-refractivity contribution >= 4 is 97.7 Å². The molecule has 0 saturated heterocycles. The van der Waals surface area contributed by atoms with E-state index in [1.165, 1.54) is 164 Å². The zero-order valence-electron chi connectivity index (χ0n) is 83.5. The minimum absolute atomic E-state index is 0.180. The quantitative estimate of drug-likeness (QED) is 0.119. The number of para-hydroxylation sites is 3. The number of nitrogens with zero attached hydrogens (tertiary/aromatic N) is 11. The maximum Gasteiger partial charge on any atom is 0.164 e. The van der Waals surface area contributed by atoms with Crippen LogP contribution < -0.4 is 0 Å². The second kappa shape index (κ2) is 35.1. The molecule has 0 amide bonds. The summed E-state index contributed by atoms with van der Waals surface area (Å²) in [6, 6.07) is 166. The molecule has 0 bridgehead atoms. The van der Waals surface area contributed by atoms with Crippen molar-refractivity contribution in [3.05, 3.63) is 513 Å². The standard InChI is InChI=1S/C47H33N3.2C46H32N4/c1-47(2)38-23-13-11-21-36(38)42-34-19-9-10-20-35(34)43-37-22-12-14-24-41(37)50(45(43)44(42)47)33-27-25-32(26-28-33)46-48-39(30-15-5-3-6-16-30)29-40(49-46)31-17-7-4-8-18-31;1-46(2)37-23-13-11-21-35(37)39-33-19-9-10-20-34(33)40-36-22-12-14-24-38(36)50(42(40)41(39)46)32-27-25-31(26-28-32)45-48-43(29-15-5-3-6-16-29)47-44(49-45)30-17-7-4-8-18-30;1-46(2)36-17-7-5-15-34(36)42-32-13-3-4-14-33(32)43-35-16-6-8-20-41(35)50(45(43)44(42)46)31-23-21-29(22-24-31)30-27-39(37-18-9-11-25-47-37)49-40(28-30)38-19-10-12-26-48-38/h3-29H,1-2H3;2*3-28H,1-2H3. The first-order valence-electron chi connectivity index (χ1n) is 51.5. The Bertz CT molecular complexity index is 9020. The molecule has 19 aromatic carbocycles. The molecule has 708 valence electrons. The Balaban J connectivity index is 0.000000108. The average molecular weight is 1920 g/mol. The van der Waals surface area contributed by atoms with E-state index in [0.717, 1.165) is 95.7 Å². The second-order valence-corrected chi connectivity index (χ2v) is 41.1. The summed E-state index contributed by atoms with van der Waals surface area (Å²) < 4.78 is 7.47. The van der Waals surface area contributed by atoms with Gasteiger partial charge >= 0.3 is 0 Å². The molecule has 0 aliphatic heterocycles. The van der Waals surface area contributed by atoms with Gasteiger partial charge in [0.05, 0.1) is 67.3 Å². The number of rotatable bonds is 12. The van der Waals surface area contributed by atoms with Crippen molar-refractivity contribution in [3.63, 3.8) is 0 Å². The van der Waals surface area contributed by atoms with Crippen LogP contribution in [0.3, 0.4) is 0 Å². The molecule has 3 aliphatic rings. The largest absolute Gasteiger partial charge is 0.309 e. The molecule has 0 fully saturated rings. The molecule has 11 nitrogen and oxygen atoms in total. The first kappa shape index (κ1) is 88.6. The summed E-state index contributed by atoms with van der Waals surface area (Å²) in [7, 11) is 0. The van der Waals surface area contributed by atoms with E-state index in [1.54, 1.807) is 0 Å². The topological polar surface area (TPSA) is 118 Å². The van der Waals surface area contributed by atoms with Crippen LogP contribution in [0.5, 0.6) is 0 Å². The van der Waals surface area contributed by atoms with Gasteiger partial charge in [-0.3, -0.25) is 9.97 Å². The van der Waals surface area contributed by atoms with Gasteiger partial charge in [0, 0.05) is 111 Å². The summed E-state index contributed by atoms with van der Waals surface area (Å²) in [5.41, 5.74) is 39.9. The van der Waals surface area contributed by atoms with Crippen LogP contribution in [0.15, 0.2) is 480 Å². The molecular formula is C139H97N11. The Morgan fingerprint density at radius 2 is 0.440 bits per heavy atom. The Kier molecular flexibility index (Phi) is 20.7. The molecule has 30 rings (SSSR count). The van der Waals surface area contributed by atoms with E-state index in [9.17, 15) is 0 Å². The van der Waals surface area contributed by atoms with Gasteiger partial charge < -0.3 is 13.7 Å². The molecular weight excluding hydrogens is 1820 g/mol. The minimum Gasteiger partial charge on any atom is -0.309 e. The van der Waals surface area contributed by atoms with Crippen molar-refractivity contribution in [1.82, 2.24) is 53.6 Å². The van der Waals surface area contributed by atoms with Crippen molar-refractivity contribution in [1.29, 1.82) is 0 Å². The summed E-state index contributed by atoms with van der Waals surface area (Å²) in [6.45, 7) is 14.3. The predicted molar refractivity (Wildman–Crippen MR) is 619 cm³/mol. The van der Waals surface area contributed by atoms with E-state index in [2.05, 4.69) is 423 Å². The molecule has 8 heterocycles. The Morgan fingerprint density at radius 1 is 0.180 bits per heavy atom. The van der Waals surface area contributed by atoms with E-state index in [-0.39, 0.29) is 16.2 Å². The van der Waals surface area contributed by atoms with Crippen molar-refractivity contribution < 1.29 is 0 Å². The third-order valence-electron chi connectivity index (χ3n) is 31.4. The fourth-order valence-electron chi connectivity index (χ4n) is 24.7. The smallest absolute Gasteiger partial charge is 0.164 e. The molecule has 0 N–H and O–H groups in total. The Hall–Kier alpha value is -19.1. The van der Waals surface area contributed by atoms with Crippen molar-refractivity contribution in [2.75, 3.05) is 0 Å². The molecule has 150 heavy (non-hydrogen) atoms. The highest BCUT2D eigenvalue weighted by Crippen LogP contribution is 2.61. The number of hydrogen-bond donors (Lipinski definition) is 0. The van der Waals surface area contributed by atoms with Crippen molar-refractivity contribution in [2.24, 2.45) is 0 Å². The highest BCUT2D eigenvalue weighted by molar-refractivity contribution is 6.30. The van der Waals surface area contributed by atoms with Gasteiger partial charge in [-0.25, -0.2) is 29.9 Å². The average Bonchev–Trinajstić information content (AvgIpc) is 1.53. The first-order chi connectivity index (χ1) is 73.7. The lowest BCUT2D eigenvalue weighted by Gasteiger charge is -2.24. The van der Waals surface area contributed by atoms with Gasteiger partial charge in [-0.15, -0.1) is 0 Å². The minimum atomic E-state index is -0.188. The van der Waals surface area contributed by atoms with Gasteiger partial charge in [-0.1, -0.05) is 387 Å². The van der Waals surface area contributed by atoms with Crippen LogP contribution in [0.1, 0.15) is 74.9 Å². The number of hydrogen-bond acceptors (Lipinski definition) is 8. The SMILES string of the molecule is CC1(C)c2ccccc2-c2c1c1c(c3ccccc23)c2ccccc2n1-c1ccc(-c2cc(-c3ccccn3)nc(-c3ccccn3)c2)cc1.CC1(C)c2ccccc2-c2c1c1c(c3ccccc23)c2ccccc2n1-c1ccc(-c2nc(-c3ccccc3)cc(-c3ccccc3)n2)cc1.CC1(C)c2ccccc2-c2c1c1c(c3ccccc23)c2ccccc2n1-c1ccc(-c2nc(-c3ccccc3)nc(-c3ccccc3)n2)cc1. The van der Waals surface area contributed by atoms with Crippen LogP contribution >= 0.6 is 0 Å². The van der Waals surface area contributed by atoms with Gasteiger partial charge in [0.25, 0.3) is 0 Å². The number of fused-ring (bicyclic) bond motifs is 30. The highest BCUT2D eigenvalue weighted by atomic mass is 15.0. The maximum atomic E-state index is 5.10. The molecule has 27 aromatic rings. The van der Waals surface area contributed by atoms with Gasteiger partial charge in [-0.05, 0) is 232 Å². The van der Waals surface area contributed by atoms with Gasteiger partial charge in [0.15, 0.2) is 23.3 Å². The van der Waals surface area contributed by atoms with Crippen LogP contribution in [-0.4, -0.2) is 53.6 Å². The summed E-state index contributed by atoms with van der Waals surface area (Å²) in [5.74, 6) is 2.67. The molecule has 0 unspecified atom stereocenters. The van der Waals surface area contributed by atoms with Gasteiger partial charge in [0.2, 0.25) is 0 Å². The Morgan fingerprint density at radius 3 is 0.760 bits per heavy atom. The molecule has 0 radical (unpaired) electrons. The van der Waals surface area contributed by atoms with Gasteiger partial charge in [0.1, 0.15) is 0 Å². The van der Waals surface area contributed by atoms with Gasteiger partial charge in [-0.2, -0.15) is 0 Å². The van der Waals surface area contributed by atoms with Crippen molar-refractivity contribution in [3.8, 4) is 152 Å². The van der Waals surface area contributed by atoms with E-state index in [0.29, 0.717) is 23.3 Å². The maximum absolute atomic E-state index is 5.10. The first-order valence-corrected chi connectivity index (χ1v) is 51.5. The zero-order valence-corrected chi connectivity index (χ0v) is 83.5. The lowest BCUT2D eigenvalue weighted by Crippen LogP contribution is -2.16. The van der Waals surface area contributed by atoms with Crippen LogP contribution in [0.2, 0.25) is 0 Å². The third-order valence-corrected chi connectivity index (χ3v) is 31.4. The molecule has 3 aliphatic carbocycles. The molecule has 8 aromatic heterocycles. The van der Waals surface area contributed by atoms with E-state index in [1.807, 2.05) is 122 Å². The van der Waals surface area contributed by atoms with E-state index in [4.69, 9.17) is 29.9 Å². The zero-order chi connectivity index (χ0) is 100. The number of aromatic nitrogens is 11. The number of pyridine rings is 3. The predicted octanol–water partition coefficient (Wildman–Crippen LogP) is 34.9. The second-order valence-electron chi connectivity index (χ2n) is 41.1. The summed E-state index contributed by atoms with van der Waals surface area (Å²) in [5, 5.41) is 15.5. The summed E-state index contributed by atoms with van der Waals surface area (Å²) in [6.07, 6.45) is 3.62. The van der Waals surface area contributed by atoms with E-state index < -0.39 is 0 Å². The third kappa shape index (κ3) is 14.2. The number of benzene rings is 19. The lowest BCUT2D eigenvalue weighted by molar-refractivity contribution is 0.664. The molecule has 0 atom stereocenters. The monoisotopic (exact) mass is 1920 g/mol. The van der Waals surface area contributed by atoms with E-state index >= 15 is 0 Å². The summed E-state index contributed by atoms with van der Waals surface area (Å²) in [4.78, 5) is 39.3. The summed E-state index contributed by atoms with van der Waals surface area (Å²) >= 11 is 0. The highest BCUT2D eigenvalue weighted by Gasteiger charge is 2.44. The Labute approximate surface area is 868 Å². The molecule has 0 saturated carbocycles. The van der Waals surface area contributed by atoms with Crippen LogP contribution in [0.25, 0.3) is 250 Å². The fraction of sp³-hybridized carbons (Fsp3) is 0.0647. The van der Waals surface area contributed by atoms with Crippen LogP contribution in [0.4, 0.5) is 0 Å². The van der Waals surface area contributed by atoms with Crippen molar-refractivity contribution in [2.45, 2.75) is 57.8 Å². The van der Waals surface area contributed by atoms with Crippen LogP contribution in [-0.2, 0) is 16.2 Å².